The van der Waals surface area contributed by atoms with E-state index >= 15 is 0 Å². The number of ether oxygens (including phenoxy) is 1. The molecule has 0 aromatic rings. The Morgan fingerprint density at radius 1 is 1.31 bits per heavy atom. The Morgan fingerprint density at radius 3 is 2.50 bits per heavy atom. The Kier molecular flexibility index (Phi) is 5.34. The second-order valence-electron chi connectivity index (χ2n) is 4.14. The summed E-state index contributed by atoms with van der Waals surface area (Å²) >= 11 is 6.14. The van der Waals surface area contributed by atoms with E-state index in [1.54, 1.807) is 7.05 Å². The number of halogens is 4. The maximum Gasteiger partial charge on any atom is 0.522 e. The number of rotatable bonds is 4. The zero-order valence-corrected chi connectivity index (χ0v) is 10.0. The van der Waals surface area contributed by atoms with Gasteiger partial charge in [-0.2, -0.15) is 0 Å². The molecule has 1 saturated carbocycles. The highest BCUT2D eigenvalue weighted by Crippen LogP contribution is 2.26. The topological polar surface area (TPSA) is 12.5 Å². The first kappa shape index (κ1) is 14.1. The van der Waals surface area contributed by atoms with Crippen molar-refractivity contribution in [3.05, 3.63) is 0 Å². The molecule has 0 aromatic carbocycles. The Bertz CT molecular complexity index is 213. The van der Waals surface area contributed by atoms with E-state index in [-0.39, 0.29) is 24.6 Å². The highest BCUT2D eigenvalue weighted by Gasteiger charge is 2.30. The fraction of sp³-hybridized carbons (Fsp3) is 1.00. The monoisotopic (exact) mass is 259 g/mol. The molecule has 0 bridgehead atoms. The molecule has 0 spiro atoms. The third-order valence-electron chi connectivity index (χ3n) is 2.92. The Balaban J connectivity index is 2.25. The molecule has 2 atom stereocenters. The lowest BCUT2D eigenvalue weighted by Crippen LogP contribution is -2.42. The van der Waals surface area contributed by atoms with Crippen LogP contribution in [0, 0.1) is 0 Å². The van der Waals surface area contributed by atoms with Crippen LogP contribution in [0.3, 0.4) is 0 Å². The predicted molar refractivity (Wildman–Crippen MR) is 56.5 cm³/mol. The molecule has 0 radical (unpaired) electrons. The summed E-state index contributed by atoms with van der Waals surface area (Å²) in [6.07, 6.45) is -0.433. The highest BCUT2D eigenvalue weighted by atomic mass is 35.5. The molecule has 6 heteroatoms. The molecule has 2 unspecified atom stereocenters. The summed E-state index contributed by atoms with van der Waals surface area (Å²) < 4.78 is 39.0. The molecular weight excluding hydrogens is 243 g/mol. The van der Waals surface area contributed by atoms with Gasteiger partial charge in [-0.1, -0.05) is 12.8 Å². The Morgan fingerprint density at radius 2 is 1.94 bits per heavy atom. The molecule has 0 aliphatic heterocycles. The first-order valence-electron chi connectivity index (χ1n) is 5.45. The minimum atomic E-state index is -4.53. The predicted octanol–water partition coefficient (Wildman–Crippen LogP) is 3.00. The standard InChI is InChI=1S/C10H17ClF3NO/c1-15(6-7-16-10(12,13)14)9-5-3-2-4-8(9)11/h8-9H,2-7H2,1H3. The second-order valence-corrected chi connectivity index (χ2v) is 4.70. The molecule has 0 amide bonds. The molecule has 1 aliphatic carbocycles. The first-order valence-corrected chi connectivity index (χ1v) is 5.89. The molecule has 0 aromatic heterocycles. The van der Waals surface area contributed by atoms with E-state index in [4.69, 9.17) is 11.6 Å². The van der Waals surface area contributed by atoms with Crippen LogP contribution in [0.15, 0.2) is 0 Å². The van der Waals surface area contributed by atoms with Gasteiger partial charge >= 0.3 is 6.36 Å². The van der Waals surface area contributed by atoms with Gasteiger partial charge in [0.2, 0.25) is 0 Å². The van der Waals surface area contributed by atoms with Crippen molar-refractivity contribution in [2.24, 2.45) is 0 Å². The largest absolute Gasteiger partial charge is 0.522 e. The fourth-order valence-corrected chi connectivity index (χ4v) is 2.51. The van der Waals surface area contributed by atoms with Gasteiger partial charge in [0.25, 0.3) is 0 Å². The van der Waals surface area contributed by atoms with Gasteiger partial charge in [-0.15, -0.1) is 24.8 Å². The second kappa shape index (κ2) is 6.07. The van der Waals surface area contributed by atoms with Crippen molar-refractivity contribution in [2.45, 2.75) is 43.5 Å². The molecule has 1 rings (SSSR count). The van der Waals surface area contributed by atoms with Crippen LogP contribution in [0.25, 0.3) is 0 Å². The van der Waals surface area contributed by atoms with Crippen LogP contribution < -0.4 is 0 Å². The lowest BCUT2D eigenvalue weighted by atomic mass is 9.94. The SMILES string of the molecule is CN(CCOC(F)(F)F)C1CCCCC1Cl. The van der Waals surface area contributed by atoms with Crippen molar-refractivity contribution < 1.29 is 17.9 Å². The third kappa shape index (κ3) is 4.89. The fourth-order valence-electron chi connectivity index (χ4n) is 2.03. The number of hydrogen-bond acceptors (Lipinski definition) is 2. The van der Waals surface area contributed by atoms with Crippen LogP contribution in [0.1, 0.15) is 25.7 Å². The van der Waals surface area contributed by atoms with E-state index in [0.29, 0.717) is 0 Å². The number of likely N-dealkylation sites (N-methyl/N-ethyl adjacent to an activating group) is 1. The van der Waals surface area contributed by atoms with Crippen molar-refractivity contribution in [3.8, 4) is 0 Å². The van der Waals surface area contributed by atoms with E-state index in [2.05, 4.69) is 4.74 Å². The Hall–Kier alpha value is -0.0000000000000000555. The summed E-state index contributed by atoms with van der Waals surface area (Å²) in [5, 5.41) is 0.0460. The van der Waals surface area contributed by atoms with Crippen molar-refractivity contribution >= 4 is 11.6 Å². The summed E-state index contributed by atoms with van der Waals surface area (Å²) in [6, 6.07) is 0.173. The number of alkyl halides is 4. The van der Waals surface area contributed by atoms with Crippen LogP contribution in [0.5, 0.6) is 0 Å². The van der Waals surface area contributed by atoms with Gasteiger partial charge in [0.05, 0.1) is 6.61 Å². The lowest BCUT2D eigenvalue weighted by molar-refractivity contribution is -0.325. The van der Waals surface area contributed by atoms with Gasteiger partial charge in [0.1, 0.15) is 0 Å². The van der Waals surface area contributed by atoms with Gasteiger partial charge in [-0.05, 0) is 19.9 Å². The number of nitrogens with zero attached hydrogens (tertiary/aromatic N) is 1. The molecule has 1 aliphatic rings. The van der Waals surface area contributed by atoms with Gasteiger partial charge in [0, 0.05) is 18.0 Å². The number of hydrogen-bond donors (Lipinski definition) is 0. The van der Waals surface area contributed by atoms with Crippen LogP contribution in [0.2, 0.25) is 0 Å². The van der Waals surface area contributed by atoms with E-state index < -0.39 is 6.36 Å². The van der Waals surface area contributed by atoms with Crippen LogP contribution >= 0.6 is 11.6 Å². The molecule has 2 nitrogen and oxygen atoms in total. The summed E-state index contributed by atoms with van der Waals surface area (Å²) in [5.41, 5.74) is 0. The van der Waals surface area contributed by atoms with Crippen molar-refractivity contribution in [2.75, 3.05) is 20.2 Å². The van der Waals surface area contributed by atoms with E-state index in [1.165, 1.54) is 0 Å². The quantitative estimate of drug-likeness (QED) is 0.720. The summed E-state index contributed by atoms with van der Waals surface area (Å²) in [6.45, 7) is -0.0759. The maximum absolute atomic E-state index is 11.8. The minimum Gasteiger partial charge on any atom is -0.300 e. The lowest BCUT2D eigenvalue weighted by Gasteiger charge is -2.34. The Labute approximate surface area is 98.7 Å². The first-order chi connectivity index (χ1) is 7.40. The zero-order valence-electron chi connectivity index (χ0n) is 9.26. The zero-order chi connectivity index (χ0) is 12.2. The van der Waals surface area contributed by atoms with E-state index in [0.717, 1.165) is 25.7 Å². The summed E-state index contributed by atoms with van der Waals surface area (Å²) in [7, 11) is 1.80. The van der Waals surface area contributed by atoms with Crippen LogP contribution in [0.4, 0.5) is 13.2 Å². The van der Waals surface area contributed by atoms with E-state index in [9.17, 15) is 13.2 Å². The van der Waals surface area contributed by atoms with Gasteiger partial charge in [-0.25, -0.2) is 0 Å². The molecule has 16 heavy (non-hydrogen) atoms. The molecule has 0 N–H and O–H groups in total. The summed E-state index contributed by atoms with van der Waals surface area (Å²) in [4.78, 5) is 1.86. The van der Waals surface area contributed by atoms with Crippen LogP contribution in [-0.2, 0) is 4.74 Å². The van der Waals surface area contributed by atoms with Crippen molar-refractivity contribution in [1.29, 1.82) is 0 Å². The van der Waals surface area contributed by atoms with Gasteiger partial charge in [0.15, 0.2) is 0 Å². The maximum atomic E-state index is 11.8. The smallest absolute Gasteiger partial charge is 0.300 e. The molecule has 1 fully saturated rings. The molecule has 0 saturated heterocycles. The van der Waals surface area contributed by atoms with Crippen molar-refractivity contribution in [3.63, 3.8) is 0 Å². The normalized spacial score (nSPS) is 27.4. The molecule has 0 heterocycles. The minimum absolute atomic E-state index is 0.0460. The summed E-state index contributed by atoms with van der Waals surface area (Å²) in [5.74, 6) is 0. The molecular formula is C10H17ClF3NO. The van der Waals surface area contributed by atoms with Gasteiger partial charge < -0.3 is 0 Å². The van der Waals surface area contributed by atoms with E-state index in [1.807, 2.05) is 4.90 Å². The molecule has 96 valence electrons. The van der Waals surface area contributed by atoms with Crippen molar-refractivity contribution in [1.82, 2.24) is 4.90 Å². The average molecular weight is 260 g/mol. The third-order valence-corrected chi connectivity index (χ3v) is 3.43. The van der Waals surface area contributed by atoms with Gasteiger partial charge in [-0.3, -0.25) is 9.64 Å². The van der Waals surface area contributed by atoms with Crippen LogP contribution in [-0.4, -0.2) is 42.9 Å². The average Bonchev–Trinajstić information content (AvgIpc) is 2.16. The highest BCUT2D eigenvalue weighted by molar-refractivity contribution is 6.21.